The topological polar surface area (TPSA) is 56.7 Å². The van der Waals surface area contributed by atoms with Crippen LogP contribution in [0.4, 0.5) is 0 Å². The fourth-order valence-corrected chi connectivity index (χ4v) is 2.88. The van der Waals surface area contributed by atoms with Crippen LogP contribution in [0.15, 0.2) is 18.5 Å². The van der Waals surface area contributed by atoms with Crippen LogP contribution in [-0.4, -0.2) is 14.8 Å². The van der Waals surface area contributed by atoms with E-state index < -0.39 is 0 Å². The standard InChI is InChI=1S/C14H20N4/c15-7-12-6-13-9-17-18(14(13)16-8-12)10-11-4-2-1-3-5-11/h6,8-9,11H,1-5,7,10,15H2. The number of nitrogens with zero attached hydrogens (tertiary/aromatic N) is 3. The van der Waals surface area contributed by atoms with Crippen molar-refractivity contribution in [3.05, 3.63) is 24.0 Å². The second-order valence-electron chi connectivity index (χ2n) is 5.29. The molecule has 0 aliphatic heterocycles. The maximum atomic E-state index is 5.63. The van der Waals surface area contributed by atoms with Crippen LogP contribution in [0.5, 0.6) is 0 Å². The molecule has 0 unspecified atom stereocenters. The Labute approximate surface area is 107 Å². The van der Waals surface area contributed by atoms with Gasteiger partial charge in [0.05, 0.1) is 6.20 Å². The summed E-state index contributed by atoms with van der Waals surface area (Å²) in [6, 6.07) is 2.09. The molecular formula is C14H20N4. The van der Waals surface area contributed by atoms with Crippen LogP contribution in [-0.2, 0) is 13.1 Å². The summed E-state index contributed by atoms with van der Waals surface area (Å²) in [6.45, 7) is 1.55. The van der Waals surface area contributed by atoms with Crippen LogP contribution in [0.25, 0.3) is 11.0 Å². The average molecular weight is 244 g/mol. The van der Waals surface area contributed by atoms with Crippen LogP contribution < -0.4 is 5.73 Å². The fourth-order valence-electron chi connectivity index (χ4n) is 2.88. The predicted molar refractivity (Wildman–Crippen MR) is 72.0 cm³/mol. The molecule has 0 radical (unpaired) electrons. The SMILES string of the molecule is NCc1cnc2c(cnn2CC2CCCCC2)c1. The summed E-state index contributed by atoms with van der Waals surface area (Å²) in [5, 5.41) is 5.58. The Morgan fingerprint density at radius 1 is 1.22 bits per heavy atom. The lowest BCUT2D eigenvalue weighted by atomic mass is 9.89. The molecular weight excluding hydrogens is 224 g/mol. The number of aromatic nitrogens is 3. The third-order valence-corrected chi connectivity index (χ3v) is 3.92. The second kappa shape index (κ2) is 5.06. The van der Waals surface area contributed by atoms with Gasteiger partial charge in [-0.15, -0.1) is 0 Å². The molecule has 4 nitrogen and oxygen atoms in total. The molecule has 1 saturated carbocycles. The van der Waals surface area contributed by atoms with Gasteiger partial charge in [-0.25, -0.2) is 9.67 Å². The molecule has 2 N–H and O–H groups in total. The molecule has 96 valence electrons. The summed E-state index contributed by atoms with van der Waals surface area (Å²) < 4.78 is 2.06. The van der Waals surface area contributed by atoms with Gasteiger partial charge >= 0.3 is 0 Å². The van der Waals surface area contributed by atoms with Gasteiger partial charge in [0.1, 0.15) is 0 Å². The van der Waals surface area contributed by atoms with Gasteiger partial charge in [-0.1, -0.05) is 19.3 Å². The molecule has 3 rings (SSSR count). The van der Waals surface area contributed by atoms with Gasteiger partial charge in [0.15, 0.2) is 5.65 Å². The van der Waals surface area contributed by atoms with Crippen LogP contribution in [0.2, 0.25) is 0 Å². The smallest absolute Gasteiger partial charge is 0.157 e. The van der Waals surface area contributed by atoms with E-state index in [2.05, 4.69) is 20.8 Å². The third-order valence-electron chi connectivity index (χ3n) is 3.92. The molecule has 0 spiro atoms. The summed E-state index contributed by atoms with van der Waals surface area (Å²) in [4.78, 5) is 4.50. The van der Waals surface area contributed by atoms with Gasteiger partial charge in [0.25, 0.3) is 0 Å². The highest BCUT2D eigenvalue weighted by molar-refractivity contribution is 5.74. The van der Waals surface area contributed by atoms with E-state index in [0.717, 1.165) is 29.1 Å². The van der Waals surface area contributed by atoms with Crippen molar-refractivity contribution >= 4 is 11.0 Å². The summed E-state index contributed by atoms with van der Waals surface area (Å²) in [7, 11) is 0. The van der Waals surface area contributed by atoms with Gasteiger partial charge in [0, 0.05) is 24.7 Å². The average Bonchev–Trinajstić information content (AvgIpc) is 2.82. The zero-order valence-electron chi connectivity index (χ0n) is 10.7. The van der Waals surface area contributed by atoms with E-state index >= 15 is 0 Å². The Hall–Kier alpha value is -1.42. The van der Waals surface area contributed by atoms with Gasteiger partial charge < -0.3 is 5.73 Å². The Kier molecular flexibility index (Phi) is 3.28. The fraction of sp³-hybridized carbons (Fsp3) is 0.571. The van der Waals surface area contributed by atoms with Gasteiger partial charge in [-0.3, -0.25) is 0 Å². The lowest BCUT2D eigenvalue weighted by Crippen LogP contribution is -2.15. The summed E-state index contributed by atoms with van der Waals surface area (Å²) >= 11 is 0. The van der Waals surface area contributed by atoms with Crippen molar-refractivity contribution in [2.75, 3.05) is 0 Å². The molecule has 2 aromatic rings. The Morgan fingerprint density at radius 3 is 2.83 bits per heavy atom. The van der Waals surface area contributed by atoms with Crippen molar-refractivity contribution < 1.29 is 0 Å². The number of hydrogen-bond donors (Lipinski definition) is 1. The number of hydrogen-bond acceptors (Lipinski definition) is 3. The minimum absolute atomic E-state index is 0.538. The molecule has 0 amide bonds. The van der Waals surface area contributed by atoms with Crippen LogP contribution in [0.3, 0.4) is 0 Å². The Bertz CT molecular complexity index is 526. The highest BCUT2D eigenvalue weighted by atomic mass is 15.3. The number of rotatable bonds is 3. The maximum absolute atomic E-state index is 5.63. The van der Waals surface area contributed by atoms with E-state index in [1.165, 1.54) is 32.1 Å². The third kappa shape index (κ3) is 2.25. The van der Waals surface area contributed by atoms with E-state index in [0.29, 0.717) is 6.54 Å². The number of nitrogens with two attached hydrogens (primary N) is 1. The summed E-state index contributed by atoms with van der Waals surface area (Å²) in [5.74, 6) is 0.776. The van der Waals surface area contributed by atoms with Crippen molar-refractivity contribution in [3.63, 3.8) is 0 Å². The molecule has 1 fully saturated rings. The lowest BCUT2D eigenvalue weighted by Gasteiger charge is -2.21. The Morgan fingerprint density at radius 2 is 2.06 bits per heavy atom. The molecule has 18 heavy (non-hydrogen) atoms. The lowest BCUT2D eigenvalue weighted by molar-refractivity contribution is 0.311. The molecule has 2 aromatic heterocycles. The number of fused-ring (bicyclic) bond motifs is 1. The molecule has 0 saturated heterocycles. The highest BCUT2D eigenvalue weighted by Gasteiger charge is 2.15. The molecule has 1 aliphatic carbocycles. The van der Waals surface area contributed by atoms with E-state index in [-0.39, 0.29) is 0 Å². The van der Waals surface area contributed by atoms with Crippen molar-refractivity contribution in [1.82, 2.24) is 14.8 Å². The van der Waals surface area contributed by atoms with Crippen molar-refractivity contribution in [2.24, 2.45) is 11.7 Å². The molecule has 4 heteroatoms. The van der Waals surface area contributed by atoms with E-state index in [4.69, 9.17) is 5.73 Å². The van der Waals surface area contributed by atoms with Crippen LogP contribution >= 0.6 is 0 Å². The van der Waals surface area contributed by atoms with Gasteiger partial charge in [-0.05, 0) is 30.4 Å². The van der Waals surface area contributed by atoms with Crippen LogP contribution in [0, 0.1) is 5.92 Å². The molecule has 0 aromatic carbocycles. The first-order chi connectivity index (χ1) is 8.86. The second-order valence-corrected chi connectivity index (χ2v) is 5.29. The van der Waals surface area contributed by atoms with Gasteiger partial charge in [0.2, 0.25) is 0 Å². The molecule has 2 heterocycles. The van der Waals surface area contributed by atoms with Crippen molar-refractivity contribution in [2.45, 2.75) is 45.2 Å². The monoisotopic (exact) mass is 244 g/mol. The van der Waals surface area contributed by atoms with Crippen molar-refractivity contribution in [1.29, 1.82) is 0 Å². The quantitative estimate of drug-likeness (QED) is 0.902. The number of pyridine rings is 1. The van der Waals surface area contributed by atoms with E-state index in [1.54, 1.807) is 0 Å². The summed E-state index contributed by atoms with van der Waals surface area (Å²) in [5.41, 5.74) is 7.70. The zero-order valence-corrected chi connectivity index (χ0v) is 10.7. The van der Waals surface area contributed by atoms with Crippen LogP contribution in [0.1, 0.15) is 37.7 Å². The highest BCUT2D eigenvalue weighted by Crippen LogP contribution is 2.25. The Balaban J connectivity index is 1.83. The first-order valence-electron chi connectivity index (χ1n) is 6.87. The van der Waals surface area contributed by atoms with Gasteiger partial charge in [-0.2, -0.15) is 5.10 Å². The van der Waals surface area contributed by atoms with E-state index in [1.807, 2.05) is 12.4 Å². The first-order valence-corrected chi connectivity index (χ1v) is 6.87. The normalized spacial score (nSPS) is 17.4. The predicted octanol–water partition coefficient (Wildman–Crippen LogP) is 2.47. The molecule has 0 bridgehead atoms. The first kappa shape index (κ1) is 11.7. The zero-order chi connectivity index (χ0) is 12.4. The minimum Gasteiger partial charge on any atom is -0.326 e. The van der Waals surface area contributed by atoms with Crippen molar-refractivity contribution in [3.8, 4) is 0 Å². The minimum atomic E-state index is 0.538. The maximum Gasteiger partial charge on any atom is 0.157 e. The largest absolute Gasteiger partial charge is 0.326 e. The summed E-state index contributed by atoms with van der Waals surface area (Å²) in [6.07, 6.45) is 10.6. The molecule has 0 atom stereocenters. The van der Waals surface area contributed by atoms with E-state index in [9.17, 15) is 0 Å². The molecule has 1 aliphatic rings.